The van der Waals surface area contributed by atoms with E-state index in [-0.39, 0.29) is 24.0 Å². The van der Waals surface area contributed by atoms with Crippen LogP contribution < -0.4 is 0 Å². The predicted molar refractivity (Wildman–Crippen MR) is 43.0 cm³/mol. The zero-order valence-corrected chi connectivity index (χ0v) is 7.19. The van der Waals surface area contributed by atoms with Gasteiger partial charge in [0.25, 0.3) is 0 Å². The lowest BCUT2D eigenvalue weighted by molar-refractivity contribution is -0.197. The smallest absolute Gasteiger partial charge is 0.336 e. The van der Waals surface area contributed by atoms with Crippen molar-refractivity contribution in [2.45, 2.75) is 31.3 Å². The van der Waals surface area contributed by atoms with Crippen molar-refractivity contribution in [3.63, 3.8) is 0 Å². The van der Waals surface area contributed by atoms with Crippen molar-refractivity contribution in [1.82, 2.24) is 0 Å². The van der Waals surface area contributed by atoms with E-state index < -0.39 is 11.6 Å². The molecule has 0 saturated heterocycles. The summed E-state index contributed by atoms with van der Waals surface area (Å²) in [6.07, 6.45) is 2.05. The number of hydrogen-bond donors (Lipinski definition) is 2. The molecule has 2 N–H and O–H groups in total. The molecule has 0 aromatic carbocycles. The highest BCUT2D eigenvalue weighted by Crippen LogP contribution is 2.50. The lowest BCUT2D eigenvalue weighted by Gasteiger charge is -2.50. The zero-order valence-electron chi connectivity index (χ0n) is 7.19. The van der Waals surface area contributed by atoms with Crippen molar-refractivity contribution in [2.24, 2.45) is 11.8 Å². The summed E-state index contributed by atoms with van der Waals surface area (Å²) in [5.41, 5.74) is -1.61. The molecule has 2 fully saturated rings. The van der Waals surface area contributed by atoms with Gasteiger partial charge in [-0.1, -0.05) is 0 Å². The topological polar surface area (TPSA) is 74.6 Å². The molecule has 2 aliphatic carbocycles. The summed E-state index contributed by atoms with van der Waals surface area (Å²) in [6.45, 7) is 0. The molecule has 2 rings (SSSR count). The number of aliphatic hydroxyl groups is 1. The highest BCUT2D eigenvalue weighted by molar-refractivity contribution is 5.89. The van der Waals surface area contributed by atoms with Gasteiger partial charge in [-0.2, -0.15) is 0 Å². The van der Waals surface area contributed by atoms with E-state index in [0.717, 1.165) is 6.42 Å². The van der Waals surface area contributed by atoms with Crippen LogP contribution in [-0.2, 0) is 9.59 Å². The van der Waals surface area contributed by atoms with Gasteiger partial charge >= 0.3 is 5.97 Å². The van der Waals surface area contributed by atoms with Gasteiger partial charge in [0, 0.05) is 18.3 Å². The molecular formula is C9H12O4. The van der Waals surface area contributed by atoms with Gasteiger partial charge in [-0.3, -0.25) is 4.79 Å². The van der Waals surface area contributed by atoms with Crippen LogP contribution in [0.2, 0.25) is 0 Å². The predicted octanol–water partition coefficient (Wildman–Crippen LogP) is 0.191. The highest BCUT2D eigenvalue weighted by Gasteiger charge is 2.60. The maximum atomic E-state index is 11.3. The fourth-order valence-electron chi connectivity index (χ4n) is 2.51. The second-order valence-electron chi connectivity index (χ2n) is 4.01. The van der Waals surface area contributed by atoms with Gasteiger partial charge in [0.2, 0.25) is 0 Å². The van der Waals surface area contributed by atoms with Crippen molar-refractivity contribution < 1.29 is 19.8 Å². The van der Waals surface area contributed by atoms with Crippen molar-refractivity contribution in [3.05, 3.63) is 0 Å². The van der Waals surface area contributed by atoms with Gasteiger partial charge in [0.05, 0.1) is 0 Å². The Kier molecular flexibility index (Phi) is 1.70. The molecule has 3 atom stereocenters. The molecule has 0 bridgehead atoms. The van der Waals surface area contributed by atoms with Crippen molar-refractivity contribution in [3.8, 4) is 0 Å². The largest absolute Gasteiger partial charge is 0.479 e. The van der Waals surface area contributed by atoms with Gasteiger partial charge in [-0.15, -0.1) is 0 Å². The van der Waals surface area contributed by atoms with E-state index in [0.29, 0.717) is 12.8 Å². The van der Waals surface area contributed by atoms with Crippen LogP contribution in [0.5, 0.6) is 0 Å². The summed E-state index contributed by atoms with van der Waals surface area (Å²) >= 11 is 0. The van der Waals surface area contributed by atoms with Crippen LogP contribution in [0.3, 0.4) is 0 Å². The quantitative estimate of drug-likeness (QED) is 0.610. The number of carbonyl (C=O) groups is 2. The Bertz CT molecular complexity index is 271. The summed E-state index contributed by atoms with van der Waals surface area (Å²) in [7, 11) is 0. The number of carboxylic acids is 1. The Hall–Kier alpha value is -0.900. The van der Waals surface area contributed by atoms with Gasteiger partial charge in [-0.25, -0.2) is 4.79 Å². The van der Waals surface area contributed by atoms with Gasteiger partial charge in [0.15, 0.2) is 5.60 Å². The van der Waals surface area contributed by atoms with Crippen molar-refractivity contribution in [2.75, 3.05) is 0 Å². The number of hydrogen-bond acceptors (Lipinski definition) is 3. The van der Waals surface area contributed by atoms with Crippen molar-refractivity contribution in [1.29, 1.82) is 0 Å². The van der Waals surface area contributed by atoms with Gasteiger partial charge < -0.3 is 10.2 Å². The lowest BCUT2D eigenvalue weighted by atomic mass is 9.55. The van der Waals surface area contributed by atoms with E-state index in [1.54, 1.807) is 0 Å². The molecule has 0 unspecified atom stereocenters. The molecular weight excluding hydrogens is 172 g/mol. The minimum Gasteiger partial charge on any atom is -0.479 e. The van der Waals surface area contributed by atoms with E-state index in [1.807, 2.05) is 0 Å². The summed E-state index contributed by atoms with van der Waals surface area (Å²) in [6, 6.07) is 0. The molecule has 4 heteroatoms. The molecule has 2 saturated carbocycles. The zero-order chi connectivity index (χ0) is 9.64. The maximum Gasteiger partial charge on any atom is 0.336 e. The molecule has 0 aliphatic heterocycles. The first-order valence-corrected chi connectivity index (χ1v) is 4.54. The maximum absolute atomic E-state index is 11.3. The molecule has 72 valence electrons. The number of ketones is 1. The van der Waals surface area contributed by atoms with Gasteiger partial charge in [-0.05, 0) is 19.3 Å². The Balaban J connectivity index is 2.16. The molecule has 0 amide bonds. The Labute approximate surface area is 75.6 Å². The molecule has 0 aromatic rings. The van der Waals surface area contributed by atoms with E-state index in [4.69, 9.17) is 5.11 Å². The van der Waals surface area contributed by atoms with Crippen LogP contribution in [0.15, 0.2) is 0 Å². The van der Waals surface area contributed by atoms with Gasteiger partial charge in [0.1, 0.15) is 5.78 Å². The van der Waals surface area contributed by atoms with Crippen molar-refractivity contribution >= 4 is 11.8 Å². The first kappa shape index (κ1) is 8.69. The fourth-order valence-corrected chi connectivity index (χ4v) is 2.51. The third-order valence-electron chi connectivity index (χ3n) is 3.35. The highest BCUT2D eigenvalue weighted by atomic mass is 16.4. The number of carboxylic acid groups (broad SMARTS) is 1. The summed E-state index contributed by atoms with van der Waals surface area (Å²) < 4.78 is 0. The van der Waals surface area contributed by atoms with Crippen LogP contribution in [0.1, 0.15) is 25.7 Å². The second kappa shape index (κ2) is 2.54. The van der Waals surface area contributed by atoms with E-state index in [9.17, 15) is 14.7 Å². The normalized spacial score (nSPS) is 43.6. The summed E-state index contributed by atoms with van der Waals surface area (Å²) in [5, 5.41) is 18.4. The SMILES string of the molecule is O=C1CCC[C@H]2[C@@H]1C[C@]2(O)C(=O)O. The number of carbonyl (C=O) groups excluding carboxylic acids is 1. The summed E-state index contributed by atoms with van der Waals surface area (Å²) in [4.78, 5) is 22.0. The third kappa shape index (κ3) is 1.01. The minimum absolute atomic E-state index is 0.117. The van der Waals surface area contributed by atoms with E-state index in [2.05, 4.69) is 0 Å². The first-order chi connectivity index (χ1) is 6.05. The van der Waals surface area contributed by atoms with E-state index in [1.165, 1.54) is 0 Å². The summed E-state index contributed by atoms with van der Waals surface area (Å²) in [5.74, 6) is -1.56. The van der Waals surface area contributed by atoms with Crippen LogP contribution in [0, 0.1) is 11.8 Å². The second-order valence-corrected chi connectivity index (χ2v) is 4.01. The molecule has 0 spiro atoms. The Morgan fingerprint density at radius 2 is 2.23 bits per heavy atom. The lowest BCUT2D eigenvalue weighted by Crippen LogP contribution is -2.62. The number of rotatable bonds is 1. The van der Waals surface area contributed by atoms with Crippen LogP contribution in [0.25, 0.3) is 0 Å². The Morgan fingerprint density at radius 3 is 2.85 bits per heavy atom. The third-order valence-corrected chi connectivity index (χ3v) is 3.35. The van der Waals surface area contributed by atoms with Crippen LogP contribution >= 0.6 is 0 Å². The standard InChI is InChI=1S/C9H12O4/c10-7-3-1-2-6-5(7)4-9(6,13)8(11)12/h5-6,13H,1-4H2,(H,11,12)/t5-,6-,9+/m0/s1. The Morgan fingerprint density at radius 1 is 1.54 bits per heavy atom. The monoisotopic (exact) mass is 184 g/mol. The number of fused-ring (bicyclic) bond motifs is 1. The first-order valence-electron chi connectivity index (χ1n) is 4.54. The average molecular weight is 184 g/mol. The molecule has 13 heavy (non-hydrogen) atoms. The minimum atomic E-state index is -1.61. The van der Waals surface area contributed by atoms with Crippen LogP contribution in [-0.4, -0.2) is 27.6 Å². The molecule has 0 radical (unpaired) electrons. The average Bonchev–Trinajstić information content (AvgIpc) is 2.06. The molecule has 4 nitrogen and oxygen atoms in total. The molecule has 2 aliphatic rings. The van der Waals surface area contributed by atoms with Crippen LogP contribution in [0.4, 0.5) is 0 Å². The molecule has 0 aromatic heterocycles. The fraction of sp³-hybridized carbons (Fsp3) is 0.778. The molecule has 0 heterocycles. The number of aliphatic carboxylic acids is 1. The number of Topliss-reactive ketones (excluding diaryl/α,β-unsaturated/α-hetero) is 1. The van der Waals surface area contributed by atoms with E-state index >= 15 is 0 Å².